The third-order valence-corrected chi connectivity index (χ3v) is 5.36. The number of rotatable bonds is 6. The molecule has 0 saturated heterocycles. The molecule has 0 aliphatic heterocycles. The molecule has 0 bridgehead atoms. The number of aryl methyl sites for hydroxylation is 2. The summed E-state index contributed by atoms with van der Waals surface area (Å²) in [5, 5.41) is 3.02. The Morgan fingerprint density at radius 1 is 1.24 bits per heavy atom. The largest absolute Gasteiger partial charge is 0.488 e. The zero-order valence-electron chi connectivity index (χ0n) is 15.0. The third-order valence-electron chi connectivity index (χ3n) is 4.74. The van der Waals surface area contributed by atoms with E-state index in [-0.39, 0.29) is 5.91 Å². The van der Waals surface area contributed by atoms with E-state index in [2.05, 4.69) is 53.3 Å². The van der Waals surface area contributed by atoms with Gasteiger partial charge in [-0.3, -0.25) is 4.79 Å². The Morgan fingerprint density at radius 3 is 2.64 bits per heavy atom. The second-order valence-corrected chi connectivity index (χ2v) is 7.56. The van der Waals surface area contributed by atoms with Crippen LogP contribution < -0.4 is 10.1 Å². The van der Waals surface area contributed by atoms with Crippen LogP contribution in [0.25, 0.3) is 0 Å². The number of anilines is 1. The summed E-state index contributed by atoms with van der Waals surface area (Å²) < 4.78 is 7.09. The van der Waals surface area contributed by atoms with Crippen molar-refractivity contribution in [3.8, 4) is 5.75 Å². The standard InChI is InChI=1S/C21H24BrNO2/c1-4-21(24)23-19-7-5-6-16(15-8-9-15)17(19)12-25-20-11-14(3)13(2)10-18(20)22/h5-7,10-11,15H,4,8-9,12H2,1-3H3,(H,23,24). The maximum atomic E-state index is 11.9. The summed E-state index contributed by atoms with van der Waals surface area (Å²) in [5.74, 6) is 1.46. The maximum absolute atomic E-state index is 11.9. The number of nitrogens with one attached hydrogen (secondary N) is 1. The molecule has 3 nitrogen and oxygen atoms in total. The predicted molar refractivity (Wildman–Crippen MR) is 105 cm³/mol. The van der Waals surface area contributed by atoms with Gasteiger partial charge in [-0.2, -0.15) is 0 Å². The molecule has 1 fully saturated rings. The van der Waals surface area contributed by atoms with Crippen molar-refractivity contribution in [2.24, 2.45) is 0 Å². The van der Waals surface area contributed by atoms with Crippen molar-refractivity contribution in [1.82, 2.24) is 0 Å². The summed E-state index contributed by atoms with van der Waals surface area (Å²) in [4.78, 5) is 11.9. The number of carbonyl (C=O) groups is 1. The minimum atomic E-state index is 0.0292. The molecule has 3 rings (SSSR count). The molecule has 1 saturated carbocycles. The first-order valence-electron chi connectivity index (χ1n) is 8.80. The van der Waals surface area contributed by atoms with Gasteiger partial charge < -0.3 is 10.1 Å². The molecule has 25 heavy (non-hydrogen) atoms. The summed E-state index contributed by atoms with van der Waals surface area (Å²) in [7, 11) is 0. The average Bonchev–Trinajstić information content (AvgIpc) is 3.42. The van der Waals surface area contributed by atoms with Gasteiger partial charge in [-0.1, -0.05) is 19.1 Å². The van der Waals surface area contributed by atoms with Crippen molar-refractivity contribution in [3.05, 3.63) is 57.1 Å². The minimum absolute atomic E-state index is 0.0292. The Kier molecular flexibility index (Phi) is 5.48. The molecule has 0 aromatic heterocycles. The molecule has 0 radical (unpaired) electrons. The third kappa shape index (κ3) is 4.24. The fourth-order valence-electron chi connectivity index (χ4n) is 2.91. The van der Waals surface area contributed by atoms with Gasteiger partial charge in [0.2, 0.25) is 5.91 Å². The van der Waals surface area contributed by atoms with Crippen LogP contribution in [0.3, 0.4) is 0 Å². The van der Waals surface area contributed by atoms with Gasteiger partial charge in [-0.15, -0.1) is 0 Å². The van der Waals surface area contributed by atoms with E-state index in [9.17, 15) is 4.79 Å². The van der Waals surface area contributed by atoms with E-state index in [0.29, 0.717) is 18.9 Å². The van der Waals surface area contributed by atoms with E-state index in [0.717, 1.165) is 21.5 Å². The SMILES string of the molecule is CCC(=O)Nc1cccc(C2CC2)c1COc1cc(C)c(C)cc1Br. The monoisotopic (exact) mass is 401 g/mol. The molecule has 0 atom stereocenters. The Bertz CT molecular complexity index is 797. The summed E-state index contributed by atoms with van der Waals surface area (Å²) in [6, 6.07) is 10.3. The molecule has 0 heterocycles. The van der Waals surface area contributed by atoms with Crippen LogP contribution in [-0.2, 0) is 11.4 Å². The Hall–Kier alpha value is -1.81. The summed E-state index contributed by atoms with van der Waals surface area (Å²) in [6.45, 7) is 6.49. The highest BCUT2D eigenvalue weighted by molar-refractivity contribution is 9.10. The van der Waals surface area contributed by atoms with E-state index in [4.69, 9.17) is 4.74 Å². The highest BCUT2D eigenvalue weighted by Gasteiger charge is 2.27. The van der Waals surface area contributed by atoms with Crippen LogP contribution in [0.5, 0.6) is 5.75 Å². The van der Waals surface area contributed by atoms with Crippen LogP contribution in [0.2, 0.25) is 0 Å². The lowest BCUT2D eigenvalue weighted by Gasteiger charge is -2.17. The van der Waals surface area contributed by atoms with Gasteiger partial charge >= 0.3 is 0 Å². The summed E-state index contributed by atoms with van der Waals surface area (Å²) in [5.41, 5.74) is 5.70. The molecular formula is C21H24BrNO2. The molecule has 132 valence electrons. The van der Waals surface area contributed by atoms with E-state index in [1.54, 1.807) is 0 Å². The topological polar surface area (TPSA) is 38.3 Å². The van der Waals surface area contributed by atoms with Crippen LogP contribution in [-0.4, -0.2) is 5.91 Å². The number of halogens is 1. The average molecular weight is 402 g/mol. The number of hydrogen-bond acceptors (Lipinski definition) is 2. The van der Waals surface area contributed by atoms with Crippen LogP contribution in [0.15, 0.2) is 34.8 Å². The smallest absolute Gasteiger partial charge is 0.224 e. The molecule has 1 aliphatic rings. The second kappa shape index (κ2) is 7.61. The number of hydrogen-bond donors (Lipinski definition) is 1. The van der Waals surface area contributed by atoms with Crippen molar-refractivity contribution in [2.75, 3.05) is 5.32 Å². The molecule has 4 heteroatoms. The molecule has 1 aliphatic carbocycles. The lowest BCUT2D eigenvalue weighted by atomic mass is 10.0. The first-order chi connectivity index (χ1) is 12.0. The molecule has 2 aromatic carbocycles. The van der Waals surface area contributed by atoms with E-state index in [1.165, 1.54) is 29.5 Å². The zero-order chi connectivity index (χ0) is 18.0. The van der Waals surface area contributed by atoms with Crippen molar-refractivity contribution in [1.29, 1.82) is 0 Å². The fraction of sp³-hybridized carbons (Fsp3) is 0.381. The van der Waals surface area contributed by atoms with Crippen molar-refractivity contribution >= 4 is 27.5 Å². The lowest BCUT2D eigenvalue weighted by molar-refractivity contribution is -0.115. The Morgan fingerprint density at radius 2 is 1.96 bits per heavy atom. The van der Waals surface area contributed by atoms with Gasteiger partial charge in [-0.05, 0) is 83.4 Å². The van der Waals surface area contributed by atoms with E-state index >= 15 is 0 Å². The zero-order valence-corrected chi connectivity index (χ0v) is 16.6. The molecular weight excluding hydrogens is 378 g/mol. The number of benzene rings is 2. The first-order valence-corrected chi connectivity index (χ1v) is 9.60. The lowest BCUT2D eigenvalue weighted by Crippen LogP contribution is -2.13. The van der Waals surface area contributed by atoms with Crippen LogP contribution >= 0.6 is 15.9 Å². The fourth-order valence-corrected chi connectivity index (χ4v) is 3.49. The first kappa shape index (κ1) is 18.0. The summed E-state index contributed by atoms with van der Waals surface area (Å²) >= 11 is 3.59. The minimum Gasteiger partial charge on any atom is -0.488 e. The maximum Gasteiger partial charge on any atom is 0.224 e. The Labute approximate surface area is 157 Å². The van der Waals surface area contributed by atoms with Gasteiger partial charge in [0.15, 0.2) is 0 Å². The van der Waals surface area contributed by atoms with Crippen LogP contribution in [0, 0.1) is 13.8 Å². The highest BCUT2D eigenvalue weighted by atomic mass is 79.9. The van der Waals surface area contributed by atoms with E-state index < -0.39 is 0 Å². The molecule has 2 aromatic rings. The highest BCUT2D eigenvalue weighted by Crippen LogP contribution is 2.43. The quantitative estimate of drug-likeness (QED) is 0.656. The van der Waals surface area contributed by atoms with Gasteiger partial charge in [0.05, 0.1) is 4.47 Å². The number of ether oxygens (including phenoxy) is 1. The predicted octanol–water partition coefficient (Wildman–Crippen LogP) is 5.87. The van der Waals surface area contributed by atoms with Crippen molar-refractivity contribution in [3.63, 3.8) is 0 Å². The van der Waals surface area contributed by atoms with Crippen molar-refractivity contribution in [2.45, 2.75) is 52.6 Å². The van der Waals surface area contributed by atoms with Crippen LogP contribution in [0.1, 0.15) is 54.4 Å². The van der Waals surface area contributed by atoms with Crippen LogP contribution in [0.4, 0.5) is 5.69 Å². The molecule has 0 spiro atoms. The second-order valence-electron chi connectivity index (χ2n) is 6.70. The molecule has 1 amide bonds. The molecule has 0 unspecified atom stereocenters. The van der Waals surface area contributed by atoms with Crippen molar-refractivity contribution < 1.29 is 9.53 Å². The van der Waals surface area contributed by atoms with E-state index in [1.807, 2.05) is 19.1 Å². The number of amides is 1. The Balaban J connectivity index is 1.88. The van der Waals surface area contributed by atoms with Gasteiger partial charge in [0.25, 0.3) is 0 Å². The normalized spacial score (nSPS) is 13.6. The molecule has 1 N–H and O–H groups in total. The van der Waals surface area contributed by atoms with Gasteiger partial charge in [0.1, 0.15) is 12.4 Å². The van der Waals surface area contributed by atoms with Gasteiger partial charge in [0, 0.05) is 17.7 Å². The number of carbonyl (C=O) groups excluding carboxylic acids is 1. The van der Waals surface area contributed by atoms with Gasteiger partial charge in [-0.25, -0.2) is 0 Å². The summed E-state index contributed by atoms with van der Waals surface area (Å²) in [6.07, 6.45) is 2.90.